The number of aromatic nitrogens is 1. The van der Waals surface area contributed by atoms with E-state index in [2.05, 4.69) is 4.98 Å². The van der Waals surface area contributed by atoms with Gasteiger partial charge in [-0.05, 0) is 6.07 Å². The molecule has 76 valence electrons. The lowest BCUT2D eigenvalue weighted by atomic mass is 10.1. The Morgan fingerprint density at radius 2 is 2.21 bits per heavy atom. The van der Waals surface area contributed by atoms with Crippen LogP contribution in [0.5, 0.6) is 0 Å². The average Bonchev–Trinajstić information content (AvgIpc) is 2.15. The molecule has 1 aromatic heterocycles. The number of pyridine rings is 1. The summed E-state index contributed by atoms with van der Waals surface area (Å²) in [4.78, 5) is 14.1. The molecule has 0 N–H and O–H groups in total. The summed E-state index contributed by atoms with van der Waals surface area (Å²) >= 11 is 10.9. The Balaban J connectivity index is 3.34. The van der Waals surface area contributed by atoms with Crippen molar-refractivity contribution in [2.24, 2.45) is 0 Å². The molecule has 0 spiro atoms. The molecule has 14 heavy (non-hydrogen) atoms. The number of carbonyl (C=O) groups excluding carboxylic acids is 1. The van der Waals surface area contributed by atoms with Crippen molar-refractivity contribution in [2.75, 3.05) is 0 Å². The summed E-state index contributed by atoms with van der Waals surface area (Å²) in [5.74, 6) is 0.0179. The lowest BCUT2D eigenvalue weighted by molar-refractivity contribution is 0.110. The first-order valence-corrected chi connectivity index (χ1v) is 4.50. The molecule has 0 radical (unpaired) electrons. The van der Waals surface area contributed by atoms with Gasteiger partial charge in [0.05, 0.1) is 17.1 Å². The Morgan fingerprint density at radius 3 is 2.64 bits per heavy atom. The van der Waals surface area contributed by atoms with Gasteiger partial charge in [-0.2, -0.15) is 0 Å². The zero-order valence-electron chi connectivity index (χ0n) is 6.81. The predicted octanol–water partition coefficient (Wildman–Crippen LogP) is 3.22. The van der Waals surface area contributed by atoms with Crippen LogP contribution < -0.4 is 0 Å². The highest BCUT2D eigenvalue weighted by atomic mass is 35.5. The Bertz CT molecular complexity index is 357. The van der Waals surface area contributed by atoms with Gasteiger partial charge in [-0.25, -0.2) is 13.8 Å². The van der Waals surface area contributed by atoms with Crippen molar-refractivity contribution in [3.05, 3.63) is 28.0 Å². The minimum atomic E-state index is -2.82. The molecule has 1 rings (SSSR count). The fourth-order valence-corrected chi connectivity index (χ4v) is 1.41. The van der Waals surface area contributed by atoms with Crippen molar-refractivity contribution >= 4 is 29.5 Å². The van der Waals surface area contributed by atoms with Crippen molar-refractivity contribution < 1.29 is 13.6 Å². The van der Waals surface area contributed by atoms with Crippen LogP contribution >= 0.6 is 23.2 Å². The summed E-state index contributed by atoms with van der Waals surface area (Å²) < 4.78 is 24.8. The zero-order chi connectivity index (χ0) is 10.7. The molecule has 0 atom stereocenters. The molecule has 0 saturated heterocycles. The molecule has 0 amide bonds. The maximum Gasteiger partial charge on any atom is 0.267 e. The number of aldehydes is 1. The SMILES string of the molecule is O=Cc1cc(CCl)nc(Cl)c1C(F)F. The van der Waals surface area contributed by atoms with Crippen molar-refractivity contribution in [3.8, 4) is 0 Å². The molecule has 0 unspecified atom stereocenters. The smallest absolute Gasteiger partial charge is 0.267 e. The van der Waals surface area contributed by atoms with Gasteiger partial charge in [0.1, 0.15) is 5.15 Å². The number of carbonyl (C=O) groups is 1. The maximum atomic E-state index is 12.4. The maximum absolute atomic E-state index is 12.4. The van der Waals surface area contributed by atoms with Gasteiger partial charge >= 0.3 is 0 Å². The van der Waals surface area contributed by atoms with Crippen LogP contribution in [0.25, 0.3) is 0 Å². The largest absolute Gasteiger partial charge is 0.298 e. The van der Waals surface area contributed by atoms with E-state index < -0.39 is 12.0 Å². The second-order valence-electron chi connectivity index (χ2n) is 2.46. The Hall–Kier alpha value is -0.740. The van der Waals surface area contributed by atoms with Gasteiger partial charge in [-0.3, -0.25) is 4.79 Å². The van der Waals surface area contributed by atoms with Crippen molar-refractivity contribution in [2.45, 2.75) is 12.3 Å². The summed E-state index contributed by atoms with van der Waals surface area (Å²) in [6.45, 7) is 0. The lowest BCUT2D eigenvalue weighted by Crippen LogP contribution is -2.00. The highest BCUT2D eigenvalue weighted by Crippen LogP contribution is 2.29. The summed E-state index contributed by atoms with van der Waals surface area (Å²) in [6, 6.07) is 1.20. The third-order valence-corrected chi connectivity index (χ3v) is 2.14. The summed E-state index contributed by atoms with van der Waals surface area (Å²) in [6.07, 6.45) is -2.51. The molecular weight excluding hydrogens is 235 g/mol. The van der Waals surface area contributed by atoms with Gasteiger partial charge in [0, 0.05) is 5.56 Å². The van der Waals surface area contributed by atoms with Crippen LogP contribution in [0.2, 0.25) is 5.15 Å². The van der Waals surface area contributed by atoms with Gasteiger partial charge in [0.2, 0.25) is 0 Å². The van der Waals surface area contributed by atoms with Gasteiger partial charge in [-0.1, -0.05) is 11.6 Å². The molecule has 0 fully saturated rings. The van der Waals surface area contributed by atoms with Gasteiger partial charge in [-0.15, -0.1) is 11.6 Å². The van der Waals surface area contributed by atoms with Gasteiger partial charge in [0.15, 0.2) is 6.29 Å². The predicted molar refractivity (Wildman–Crippen MR) is 49.1 cm³/mol. The monoisotopic (exact) mass is 239 g/mol. The van der Waals surface area contributed by atoms with Gasteiger partial charge in [0.25, 0.3) is 6.43 Å². The van der Waals surface area contributed by atoms with E-state index in [-0.39, 0.29) is 16.6 Å². The molecule has 0 saturated carbocycles. The second kappa shape index (κ2) is 4.66. The molecule has 1 aromatic rings. The Morgan fingerprint density at radius 1 is 1.57 bits per heavy atom. The molecule has 0 aliphatic heterocycles. The standard InChI is InChI=1S/C8H5Cl2F2NO/c9-2-5-1-4(3-14)6(8(11)12)7(10)13-5/h1,3,8H,2H2. The van der Waals surface area contributed by atoms with E-state index in [1.165, 1.54) is 6.07 Å². The van der Waals surface area contributed by atoms with Crippen LogP contribution in [0.1, 0.15) is 28.0 Å². The molecule has 0 aromatic carbocycles. The third kappa shape index (κ3) is 2.19. The first kappa shape index (κ1) is 11.3. The molecule has 6 heteroatoms. The van der Waals surface area contributed by atoms with Crippen LogP contribution in [-0.2, 0) is 5.88 Å². The average molecular weight is 240 g/mol. The fraction of sp³-hybridized carbons (Fsp3) is 0.250. The zero-order valence-corrected chi connectivity index (χ0v) is 8.32. The Labute approximate surface area is 88.8 Å². The summed E-state index contributed by atoms with van der Waals surface area (Å²) in [5, 5.41) is -0.375. The minimum absolute atomic E-state index is 0.0179. The number of alkyl halides is 3. The molecule has 0 aliphatic rings. The quantitative estimate of drug-likeness (QED) is 0.461. The van der Waals surface area contributed by atoms with E-state index in [1.54, 1.807) is 0 Å². The minimum Gasteiger partial charge on any atom is -0.298 e. The first-order chi connectivity index (χ1) is 6.60. The van der Waals surface area contributed by atoms with Crippen LogP contribution in [0, 0.1) is 0 Å². The molecule has 0 aliphatic carbocycles. The summed E-state index contributed by atoms with van der Waals surface area (Å²) in [5.41, 5.74) is -0.422. The van der Waals surface area contributed by atoms with Crippen molar-refractivity contribution in [3.63, 3.8) is 0 Å². The molecule has 2 nitrogen and oxygen atoms in total. The number of rotatable bonds is 3. The van der Waals surface area contributed by atoms with Crippen molar-refractivity contribution in [1.29, 1.82) is 0 Å². The number of nitrogens with zero attached hydrogens (tertiary/aromatic N) is 1. The first-order valence-electron chi connectivity index (χ1n) is 3.58. The normalized spacial score (nSPS) is 10.6. The van der Waals surface area contributed by atoms with E-state index >= 15 is 0 Å². The molecule has 0 bridgehead atoms. The number of hydrogen-bond donors (Lipinski definition) is 0. The Kier molecular flexibility index (Phi) is 3.77. The second-order valence-corrected chi connectivity index (χ2v) is 3.08. The molecule has 1 heterocycles. The molecular formula is C8H5Cl2F2NO. The van der Waals surface area contributed by atoms with Crippen LogP contribution in [0.4, 0.5) is 8.78 Å². The highest BCUT2D eigenvalue weighted by molar-refractivity contribution is 6.30. The van der Waals surface area contributed by atoms with E-state index in [0.717, 1.165) is 0 Å². The lowest BCUT2D eigenvalue weighted by Gasteiger charge is -2.06. The van der Waals surface area contributed by atoms with Crippen LogP contribution in [-0.4, -0.2) is 11.3 Å². The fourth-order valence-electron chi connectivity index (χ4n) is 0.977. The topological polar surface area (TPSA) is 30.0 Å². The van der Waals surface area contributed by atoms with Gasteiger partial charge < -0.3 is 0 Å². The van der Waals surface area contributed by atoms with E-state index in [9.17, 15) is 13.6 Å². The summed E-state index contributed by atoms with van der Waals surface area (Å²) in [7, 11) is 0. The number of hydrogen-bond acceptors (Lipinski definition) is 2. The third-order valence-electron chi connectivity index (χ3n) is 1.58. The number of halogens is 4. The van der Waals surface area contributed by atoms with E-state index in [0.29, 0.717) is 12.0 Å². The van der Waals surface area contributed by atoms with Crippen LogP contribution in [0.3, 0.4) is 0 Å². The van der Waals surface area contributed by atoms with E-state index in [1.807, 2.05) is 0 Å². The van der Waals surface area contributed by atoms with Crippen molar-refractivity contribution in [1.82, 2.24) is 4.98 Å². The van der Waals surface area contributed by atoms with E-state index in [4.69, 9.17) is 23.2 Å². The highest BCUT2D eigenvalue weighted by Gasteiger charge is 2.19. The van der Waals surface area contributed by atoms with Crippen LogP contribution in [0.15, 0.2) is 6.07 Å².